The summed E-state index contributed by atoms with van der Waals surface area (Å²) in [5, 5.41) is 8.80. The minimum atomic E-state index is -0.746. The van der Waals surface area contributed by atoms with Crippen molar-refractivity contribution in [2.75, 3.05) is 0 Å². The Labute approximate surface area is 212 Å². The summed E-state index contributed by atoms with van der Waals surface area (Å²) in [7, 11) is 0. The molecule has 0 radical (unpaired) electrons. The largest absolute Gasteiger partial charge is 0.481 e. The van der Waals surface area contributed by atoms with Gasteiger partial charge in [0.15, 0.2) is 0 Å². The van der Waals surface area contributed by atoms with Crippen LogP contribution in [0.2, 0.25) is 0 Å². The van der Waals surface area contributed by atoms with Crippen LogP contribution in [-0.2, 0) is 14.3 Å². The Kier molecular flexibility index (Phi) is 25.7. The SMILES string of the molecule is CCCCCCCCCCCCCCCCCC(=O)OC(CCCCCC)CCCCC(=O)O. The molecule has 1 unspecified atom stereocenters. The second-order valence-electron chi connectivity index (χ2n) is 10.3. The Bertz CT molecular complexity index is 449. The van der Waals surface area contributed by atoms with E-state index >= 15 is 0 Å². The first-order chi connectivity index (χ1) is 16.6. The Hall–Kier alpha value is -1.06. The normalized spacial score (nSPS) is 12.1. The molecule has 0 saturated carbocycles. The maximum absolute atomic E-state index is 12.3. The standard InChI is InChI=1S/C30H58O4/c1-3-5-7-9-10-11-12-13-14-15-16-17-18-19-21-27-30(33)34-28(24-20-8-6-4-2)25-22-23-26-29(31)32/h28H,3-27H2,1-2H3,(H,31,32). The van der Waals surface area contributed by atoms with Crippen LogP contribution in [0.15, 0.2) is 0 Å². The van der Waals surface area contributed by atoms with E-state index in [9.17, 15) is 9.59 Å². The molecule has 0 rings (SSSR count). The van der Waals surface area contributed by atoms with Crippen molar-refractivity contribution in [2.45, 2.75) is 180 Å². The first kappa shape index (κ1) is 32.9. The first-order valence-corrected chi connectivity index (χ1v) is 15.0. The van der Waals surface area contributed by atoms with Crippen molar-refractivity contribution in [3.63, 3.8) is 0 Å². The predicted molar refractivity (Wildman–Crippen MR) is 144 cm³/mol. The summed E-state index contributed by atoms with van der Waals surface area (Å²) in [6.45, 7) is 4.47. The number of hydrogen-bond donors (Lipinski definition) is 1. The number of aliphatic carboxylic acids is 1. The molecule has 0 fully saturated rings. The van der Waals surface area contributed by atoms with Gasteiger partial charge in [0, 0.05) is 12.8 Å². The number of rotatable bonds is 27. The van der Waals surface area contributed by atoms with Crippen LogP contribution in [0.5, 0.6) is 0 Å². The lowest BCUT2D eigenvalue weighted by atomic mass is 10.0. The number of unbranched alkanes of at least 4 members (excludes halogenated alkanes) is 18. The van der Waals surface area contributed by atoms with Gasteiger partial charge >= 0.3 is 11.9 Å². The molecule has 1 N–H and O–H groups in total. The second-order valence-corrected chi connectivity index (χ2v) is 10.3. The number of carboxylic acid groups (broad SMARTS) is 1. The second kappa shape index (κ2) is 26.5. The summed E-state index contributed by atoms with van der Waals surface area (Å²) in [5.74, 6) is -0.807. The molecule has 0 aliphatic carbocycles. The Morgan fingerprint density at radius 3 is 1.32 bits per heavy atom. The van der Waals surface area contributed by atoms with Crippen molar-refractivity contribution in [3.8, 4) is 0 Å². The van der Waals surface area contributed by atoms with E-state index in [4.69, 9.17) is 9.84 Å². The van der Waals surface area contributed by atoms with Crippen LogP contribution in [0.25, 0.3) is 0 Å². The number of carbonyl (C=O) groups excluding carboxylic acids is 1. The Morgan fingerprint density at radius 2 is 0.882 bits per heavy atom. The fourth-order valence-corrected chi connectivity index (χ4v) is 4.59. The predicted octanol–water partition coefficient (Wildman–Crippen LogP) is 9.78. The zero-order valence-corrected chi connectivity index (χ0v) is 22.9. The molecule has 34 heavy (non-hydrogen) atoms. The summed E-state index contributed by atoms with van der Waals surface area (Å²) in [4.78, 5) is 23.0. The van der Waals surface area contributed by atoms with Crippen LogP contribution >= 0.6 is 0 Å². The van der Waals surface area contributed by atoms with Gasteiger partial charge in [-0.25, -0.2) is 0 Å². The van der Waals surface area contributed by atoms with E-state index in [1.807, 2.05) is 0 Å². The van der Waals surface area contributed by atoms with Crippen molar-refractivity contribution >= 4 is 11.9 Å². The van der Waals surface area contributed by atoms with Crippen molar-refractivity contribution in [2.24, 2.45) is 0 Å². The molecule has 0 aromatic rings. The fraction of sp³-hybridized carbons (Fsp3) is 0.933. The van der Waals surface area contributed by atoms with Gasteiger partial charge in [-0.15, -0.1) is 0 Å². The third-order valence-corrected chi connectivity index (χ3v) is 6.83. The molecular formula is C30H58O4. The van der Waals surface area contributed by atoms with E-state index in [1.165, 1.54) is 103 Å². The van der Waals surface area contributed by atoms with Gasteiger partial charge in [-0.05, 0) is 38.5 Å². The van der Waals surface area contributed by atoms with Crippen molar-refractivity contribution in [1.82, 2.24) is 0 Å². The van der Waals surface area contributed by atoms with Gasteiger partial charge in [-0.2, -0.15) is 0 Å². The lowest BCUT2D eigenvalue weighted by Gasteiger charge is -2.18. The van der Waals surface area contributed by atoms with E-state index in [1.54, 1.807) is 0 Å². The molecule has 4 nitrogen and oxygen atoms in total. The van der Waals surface area contributed by atoms with E-state index in [0.29, 0.717) is 12.8 Å². The number of ether oxygens (including phenoxy) is 1. The zero-order chi connectivity index (χ0) is 25.1. The third-order valence-electron chi connectivity index (χ3n) is 6.83. The van der Waals surface area contributed by atoms with Crippen molar-refractivity contribution in [3.05, 3.63) is 0 Å². The quantitative estimate of drug-likeness (QED) is 0.0934. The summed E-state index contributed by atoms with van der Waals surface area (Å²) in [6.07, 6.45) is 28.4. The number of carboxylic acids is 1. The van der Waals surface area contributed by atoms with Crippen LogP contribution in [0.1, 0.15) is 174 Å². The van der Waals surface area contributed by atoms with Gasteiger partial charge in [-0.1, -0.05) is 123 Å². The highest BCUT2D eigenvalue weighted by Crippen LogP contribution is 2.17. The lowest BCUT2D eigenvalue weighted by molar-refractivity contribution is -0.150. The minimum absolute atomic E-state index is 0.0329. The van der Waals surface area contributed by atoms with Crippen molar-refractivity contribution in [1.29, 1.82) is 0 Å². The molecule has 0 bridgehead atoms. The van der Waals surface area contributed by atoms with Crippen LogP contribution in [0.4, 0.5) is 0 Å². The van der Waals surface area contributed by atoms with Gasteiger partial charge in [0.2, 0.25) is 0 Å². The molecule has 0 aliphatic heterocycles. The summed E-state index contributed by atoms with van der Waals surface area (Å²) in [6, 6.07) is 0. The number of carbonyl (C=O) groups is 2. The molecule has 0 spiro atoms. The van der Waals surface area contributed by atoms with Gasteiger partial charge in [-0.3, -0.25) is 9.59 Å². The van der Waals surface area contributed by atoms with Gasteiger partial charge in [0.25, 0.3) is 0 Å². The van der Waals surface area contributed by atoms with E-state index in [0.717, 1.165) is 38.5 Å². The third kappa shape index (κ3) is 25.6. The first-order valence-electron chi connectivity index (χ1n) is 15.0. The highest BCUT2D eigenvalue weighted by Gasteiger charge is 2.14. The molecule has 0 heterocycles. The summed E-state index contributed by atoms with van der Waals surface area (Å²) < 4.78 is 5.77. The number of hydrogen-bond acceptors (Lipinski definition) is 3. The minimum Gasteiger partial charge on any atom is -0.481 e. The van der Waals surface area contributed by atoms with Gasteiger partial charge < -0.3 is 9.84 Å². The smallest absolute Gasteiger partial charge is 0.306 e. The Morgan fingerprint density at radius 1 is 0.529 bits per heavy atom. The van der Waals surface area contributed by atoms with E-state index in [2.05, 4.69) is 13.8 Å². The zero-order valence-electron chi connectivity index (χ0n) is 22.9. The Balaban J connectivity index is 3.68. The molecule has 0 aliphatic rings. The van der Waals surface area contributed by atoms with E-state index in [-0.39, 0.29) is 18.5 Å². The highest BCUT2D eigenvalue weighted by molar-refractivity contribution is 5.69. The molecule has 0 aromatic carbocycles. The average molecular weight is 483 g/mol. The summed E-state index contributed by atoms with van der Waals surface area (Å²) >= 11 is 0. The topological polar surface area (TPSA) is 63.6 Å². The molecule has 0 saturated heterocycles. The van der Waals surface area contributed by atoms with Gasteiger partial charge in [0.1, 0.15) is 6.10 Å². The average Bonchev–Trinajstić information content (AvgIpc) is 2.81. The molecule has 0 amide bonds. The van der Waals surface area contributed by atoms with Crippen LogP contribution in [0.3, 0.4) is 0 Å². The lowest BCUT2D eigenvalue weighted by Crippen LogP contribution is -2.18. The molecule has 4 heteroatoms. The fourth-order valence-electron chi connectivity index (χ4n) is 4.59. The van der Waals surface area contributed by atoms with Crippen LogP contribution in [-0.4, -0.2) is 23.1 Å². The number of esters is 1. The summed E-state index contributed by atoms with van der Waals surface area (Å²) in [5.41, 5.74) is 0. The maximum atomic E-state index is 12.3. The van der Waals surface area contributed by atoms with E-state index < -0.39 is 5.97 Å². The van der Waals surface area contributed by atoms with Crippen LogP contribution in [0, 0.1) is 0 Å². The molecular weight excluding hydrogens is 424 g/mol. The van der Waals surface area contributed by atoms with Gasteiger partial charge in [0.05, 0.1) is 0 Å². The van der Waals surface area contributed by atoms with Crippen LogP contribution < -0.4 is 0 Å². The molecule has 1 atom stereocenters. The monoisotopic (exact) mass is 482 g/mol. The molecule has 0 aromatic heterocycles. The maximum Gasteiger partial charge on any atom is 0.306 e. The highest BCUT2D eigenvalue weighted by atomic mass is 16.5. The molecule has 202 valence electrons. The van der Waals surface area contributed by atoms with Crippen molar-refractivity contribution < 1.29 is 19.4 Å².